The molecule has 0 bridgehead atoms. The van der Waals surface area contributed by atoms with E-state index in [-0.39, 0.29) is 0 Å². The van der Waals surface area contributed by atoms with E-state index in [2.05, 4.69) is 5.32 Å². The van der Waals surface area contributed by atoms with Crippen LogP contribution in [0.4, 0.5) is 0 Å². The predicted octanol–water partition coefficient (Wildman–Crippen LogP) is 2.49. The van der Waals surface area contributed by atoms with E-state index in [9.17, 15) is 0 Å². The third kappa shape index (κ3) is 3.46. The molecule has 0 aromatic rings. The number of hydrogen-bond donors (Lipinski definition) is 1. The zero-order chi connectivity index (χ0) is 12.3. The molecule has 3 aliphatic rings. The maximum atomic E-state index is 5.71. The van der Waals surface area contributed by atoms with E-state index in [0.717, 1.165) is 25.9 Å². The van der Waals surface area contributed by atoms with E-state index in [0.29, 0.717) is 11.5 Å². The number of nitrogens with one attached hydrogen (secondary N) is 1. The first-order valence-electron chi connectivity index (χ1n) is 7.79. The van der Waals surface area contributed by atoms with E-state index < -0.39 is 0 Å². The van der Waals surface area contributed by atoms with Gasteiger partial charge in [-0.1, -0.05) is 6.42 Å². The lowest BCUT2D eigenvalue weighted by molar-refractivity contribution is 0.0937. The van der Waals surface area contributed by atoms with Crippen LogP contribution in [-0.2, 0) is 9.47 Å². The lowest BCUT2D eigenvalue weighted by atomic mass is 9.81. The first-order chi connectivity index (χ1) is 8.86. The molecule has 2 saturated heterocycles. The smallest absolute Gasteiger partial charge is 0.0576 e. The minimum atomic E-state index is 0.432. The van der Waals surface area contributed by atoms with Gasteiger partial charge in [0.25, 0.3) is 0 Å². The van der Waals surface area contributed by atoms with E-state index >= 15 is 0 Å². The molecule has 2 heterocycles. The van der Waals surface area contributed by atoms with Gasteiger partial charge >= 0.3 is 0 Å². The second-order valence-electron chi connectivity index (χ2n) is 6.49. The Morgan fingerprint density at radius 1 is 1.17 bits per heavy atom. The monoisotopic (exact) mass is 253 g/mol. The summed E-state index contributed by atoms with van der Waals surface area (Å²) in [5.74, 6) is 0. The van der Waals surface area contributed by atoms with Gasteiger partial charge in [-0.3, -0.25) is 0 Å². The quantitative estimate of drug-likeness (QED) is 0.756. The van der Waals surface area contributed by atoms with Crippen molar-refractivity contribution >= 4 is 0 Å². The molecule has 0 aromatic carbocycles. The molecule has 3 rings (SSSR count). The Morgan fingerprint density at radius 3 is 2.78 bits per heavy atom. The van der Waals surface area contributed by atoms with Gasteiger partial charge in [0, 0.05) is 31.2 Å². The van der Waals surface area contributed by atoms with E-state index in [1.54, 1.807) is 0 Å². The Hall–Kier alpha value is -0.120. The van der Waals surface area contributed by atoms with Crippen LogP contribution in [0.3, 0.4) is 0 Å². The Labute approximate surface area is 111 Å². The van der Waals surface area contributed by atoms with Gasteiger partial charge in [0.15, 0.2) is 0 Å². The molecule has 0 spiro atoms. The Morgan fingerprint density at radius 2 is 2.11 bits per heavy atom. The van der Waals surface area contributed by atoms with Crippen molar-refractivity contribution < 1.29 is 9.47 Å². The predicted molar refractivity (Wildman–Crippen MR) is 71.7 cm³/mol. The molecule has 2 unspecified atom stereocenters. The molecule has 18 heavy (non-hydrogen) atoms. The van der Waals surface area contributed by atoms with E-state index in [1.165, 1.54) is 57.9 Å². The standard InChI is InChI=1S/C15H27NO2/c1(3-14-4-2-9-18-14)7-15(8-10-17-12-15)11-16-13-5-6-13/h13-14,16H,1-12H2. The number of ether oxygens (including phenoxy) is 2. The van der Waals surface area contributed by atoms with Crippen molar-refractivity contribution in [2.75, 3.05) is 26.4 Å². The molecule has 0 aromatic heterocycles. The molecule has 3 fully saturated rings. The zero-order valence-corrected chi connectivity index (χ0v) is 11.5. The maximum absolute atomic E-state index is 5.71. The molecule has 3 heteroatoms. The number of hydrogen-bond acceptors (Lipinski definition) is 3. The van der Waals surface area contributed by atoms with E-state index in [1.807, 2.05) is 0 Å². The van der Waals surface area contributed by atoms with E-state index in [4.69, 9.17) is 9.47 Å². The second-order valence-corrected chi connectivity index (χ2v) is 6.49. The summed E-state index contributed by atoms with van der Waals surface area (Å²) in [6, 6.07) is 0.820. The van der Waals surface area contributed by atoms with Crippen molar-refractivity contribution in [3.05, 3.63) is 0 Å². The first kappa shape index (κ1) is 12.9. The van der Waals surface area contributed by atoms with Gasteiger partial charge < -0.3 is 14.8 Å². The van der Waals surface area contributed by atoms with Crippen molar-refractivity contribution in [2.45, 2.75) is 63.5 Å². The normalized spacial score (nSPS) is 36.3. The highest BCUT2D eigenvalue weighted by Gasteiger charge is 2.36. The molecular formula is C15H27NO2. The van der Waals surface area contributed by atoms with Crippen LogP contribution in [0.5, 0.6) is 0 Å². The van der Waals surface area contributed by atoms with Crippen LogP contribution in [0.15, 0.2) is 0 Å². The summed E-state index contributed by atoms with van der Waals surface area (Å²) in [6.45, 7) is 4.09. The van der Waals surface area contributed by atoms with Crippen molar-refractivity contribution in [1.82, 2.24) is 5.32 Å². The summed E-state index contributed by atoms with van der Waals surface area (Å²) < 4.78 is 11.4. The Bertz CT molecular complexity index is 253. The van der Waals surface area contributed by atoms with Crippen molar-refractivity contribution in [1.29, 1.82) is 0 Å². The molecule has 1 N–H and O–H groups in total. The second kappa shape index (κ2) is 5.89. The minimum absolute atomic E-state index is 0.432. The Balaban J connectivity index is 1.40. The molecule has 0 radical (unpaired) electrons. The summed E-state index contributed by atoms with van der Waals surface area (Å²) in [5, 5.41) is 3.71. The molecule has 2 atom stereocenters. The third-order valence-electron chi connectivity index (χ3n) is 4.79. The van der Waals surface area contributed by atoms with Crippen LogP contribution in [0.2, 0.25) is 0 Å². The van der Waals surface area contributed by atoms with Gasteiger partial charge in [0.2, 0.25) is 0 Å². The zero-order valence-electron chi connectivity index (χ0n) is 11.5. The highest BCUT2D eigenvalue weighted by Crippen LogP contribution is 2.35. The highest BCUT2D eigenvalue weighted by molar-refractivity contribution is 4.90. The summed E-state index contributed by atoms with van der Waals surface area (Å²) >= 11 is 0. The molecule has 3 nitrogen and oxygen atoms in total. The lowest BCUT2D eigenvalue weighted by Gasteiger charge is -2.28. The first-order valence-corrected chi connectivity index (χ1v) is 7.79. The molecule has 0 amide bonds. The summed E-state index contributed by atoms with van der Waals surface area (Å²) in [4.78, 5) is 0. The SMILES string of the molecule is C1COC(CCCC2(CNC3CC3)CCOC2)C1. The van der Waals surface area contributed by atoms with Crippen molar-refractivity contribution in [2.24, 2.45) is 5.41 Å². The van der Waals surface area contributed by atoms with Crippen LogP contribution < -0.4 is 5.32 Å². The molecule has 104 valence electrons. The number of rotatable bonds is 7. The third-order valence-corrected chi connectivity index (χ3v) is 4.79. The fourth-order valence-corrected chi connectivity index (χ4v) is 3.30. The van der Waals surface area contributed by atoms with Gasteiger partial charge in [0.1, 0.15) is 0 Å². The van der Waals surface area contributed by atoms with Gasteiger partial charge in [-0.05, 0) is 44.9 Å². The largest absolute Gasteiger partial charge is 0.381 e. The highest BCUT2D eigenvalue weighted by atomic mass is 16.5. The Kier molecular flexibility index (Phi) is 4.22. The lowest BCUT2D eigenvalue weighted by Crippen LogP contribution is -2.36. The minimum Gasteiger partial charge on any atom is -0.381 e. The fourth-order valence-electron chi connectivity index (χ4n) is 3.30. The molecular weight excluding hydrogens is 226 g/mol. The summed E-state index contributed by atoms with van der Waals surface area (Å²) in [6.07, 6.45) is 11.0. The van der Waals surface area contributed by atoms with Gasteiger partial charge in [-0.2, -0.15) is 0 Å². The van der Waals surface area contributed by atoms with Gasteiger partial charge in [-0.15, -0.1) is 0 Å². The topological polar surface area (TPSA) is 30.5 Å². The average Bonchev–Trinajstić information content (AvgIpc) is 2.89. The van der Waals surface area contributed by atoms with Gasteiger partial charge in [0.05, 0.1) is 12.7 Å². The van der Waals surface area contributed by atoms with Crippen LogP contribution >= 0.6 is 0 Å². The molecule has 1 aliphatic carbocycles. The van der Waals surface area contributed by atoms with Crippen LogP contribution in [0.1, 0.15) is 51.4 Å². The van der Waals surface area contributed by atoms with Crippen molar-refractivity contribution in [3.8, 4) is 0 Å². The molecule has 1 saturated carbocycles. The summed E-state index contributed by atoms with van der Waals surface area (Å²) in [5.41, 5.74) is 0.432. The van der Waals surface area contributed by atoms with Crippen LogP contribution in [-0.4, -0.2) is 38.5 Å². The molecule has 2 aliphatic heterocycles. The van der Waals surface area contributed by atoms with Crippen molar-refractivity contribution in [3.63, 3.8) is 0 Å². The average molecular weight is 253 g/mol. The van der Waals surface area contributed by atoms with Gasteiger partial charge in [-0.25, -0.2) is 0 Å². The van der Waals surface area contributed by atoms with Crippen LogP contribution in [0, 0.1) is 5.41 Å². The maximum Gasteiger partial charge on any atom is 0.0576 e. The van der Waals surface area contributed by atoms with Crippen LogP contribution in [0.25, 0.3) is 0 Å². The summed E-state index contributed by atoms with van der Waals surface area (Å²) in [7, 11) is 0. The fraction of sp³-hybridized carbons (Fsp3) is 1.00.